The van der Waals surface area contributed by atoms with Crippen molar-refractivity contribution in [1.29, 1.82) is 0 Å². The Bertz CT molecular complexity index is 3520. The molecule has 1 aromatic heterocycles. The zero-order valence-electron chi connectivity index (χ0n) is 39.4. The zero-order chi connectivity index (χ0) is 44.3. The van der Waals surface area contributed by atoms with Crippen molar-refractivity contribution in [2.75, 3.05) is 0 Å². The normalized spacial score (nSPS) is 15.3. The highest BCUT2D eigenvalue weighted by Crippen LogP contribution is 2.45. The summed E-state index contributed by atoms with van der Waals surface area (Å²) in [6.07, 6.45) is -0.495. The zero-order valence-corrected chi connectivity index (χ0v) is 26.4. The predicted octanol–water partition coefficient (Wildman–Crippen LogP) is 13.6. The highest BCUT2D eigenvalue weighted by molar-refractivity contribution is 6.20. The average molecular weight is 650 g/mol. The number of benzene rings is 9. The summed E-state index contributed by atoms with van der Waals surface area (Å²) in [6.45, 7) is 0. The van der Waals surface area contributed by atoms with Crippen LogP contribution < -0.4 is 0 Å². The first-order valence-electron chi connectivity index (χ1n) is 22.7. The van der Waals surface area contributed by atoms with E-state index >= 15 is 0 Å². The van der Waals surface area contributed by atoms with E-state index in [4.69, 9.17) is 16.8 Å². The van der Waals surface area contributed by atoms with E-state index in [2.05, 4.69) is 18.2 Å². The lowest BCUT2D eigenvalue weighted by Crippen LogP contribution is -1.96. The Hall–Kier alpha value is -6.44. The Morgan fingerprint density at radius 3 is 1.76 bits per heavy atom. The summed E-state index contributed by atoms with van der Waals surface area (Å²) in [5, 5.41) is 3.07. The van der Waals surface area contributed by atoms with Gasteiger partial charge in [-0.15, -0.1) is 0 Å². The second kappa shape index (κ2) is 11.6. The summed E-state index contributed by atoms with van der Waals surface area (Å²) in [5.41, 5.74) is 5.60. The van der Waals surface area contributed by atoms with Crippen molar-refractivity contribution < 1.29 is 22.2 Å². The maximum absolute atomic E-state index is 9.39. The summed E-state index contributed by atoms with van der Waals surface area (Å²) < 4.78 is 121. The molecule has 10 rings (SSSR count). The van der Waals surface area contributed by atoms with Crippen molar-refractivity contribution in [2.45, 2.75) is 6.42 Å². The molecule has 0 aliphatic rings. The Morgan fingerprint density at radius 1 is 0.400 bits per heavy atom. The van der Waals surface area contributed by atoms with Gasteiger partial charge in [0.25, 0.3) is 0 Å². The van der Waals surface area contributed by atoms with Gasteiger partial charge in [0.2, 0.25) is 0 Å². The van der Waals surface area contributed by atoms with Crippen LogP contribution in [0.2, 0.25) is 0 Å². The minimum atomic E-state index is -0.618. The van der Waals surface area contributed by atoms with Crippen molar-refractivity contribution in [3.05, 3.63) is 193 Å². The summed E-state index contributed by atoms with van der Waals surface area (Å²) in [5.74, 6) is 0. The monoisotopic (exact) mass is 649 g/mol. The van der Waals surface area contributed by atoms with Gasteiger partial charge in [-0.05, 0) is 108 Å². The topological polar surface area (TPSA) is 13.1 Å². The lowest BCUT2D eigenvalue weighted by molar-refractivity contribution is 0.669. The molecule has 9 aromatic carbocycles. The van der Waals surface area contributed by atoms with Crippen LogP contribution in [0.15, 0.2) is 186 Å². The van der Waals surface area contributed by atoms with E-state index in [9.17, 15) is 5.48 Å². The highest BCUT2D eigenvalue weighted by atomic mass is 16.3. The fourth-order valence-electron chi connectivity index (χ4n) is 7.21. The largest absolute Gasteiger partial charge is 0.456 e. The SMILES string of the molecule is [2H]c1c([2H])c([2H])c(Cc2c3c([2H])c([2H])c([2H])c([2H])c3c(-c3ccc(-c4ccc5c(c4)oc4ccc(-c6ccccc6)cc45)c4ccccc34)c3c([2H])c([2H])c([2H])c([2H])c23)c([2H])c1[2H]. The second-order valence-electron chi connectivity index (χ2n) is 12.2. The molecule has 0 aliphatic heterocycles. The van der Waals surface area contributed by atoms with Gasteiger partial charge in [0.1, 0.15) is 11.2 Å². The van der Waals surface area contributed by atoms with Crippen LogP contribution in [0.1, 0.15) is 28.9 Å². The number of hydrogen-bond acceptors (Lipinski definition) is 1. The van der Waals surface area contributed by atoms with Gasteiger partial charge in [0, 0.05) is 10.8 Å². The molecule has 0 bridgehead atoms. The number of rotatable bonds is 5. The third-order valence-corrected chi connectivity index (χ3v) is 9.47. The molecule has 1 heterocycles. The van der Waals surface area contributed by atoms with Crippen LogP contribution in [0, 0.1) is 0 Å². The molecule has 1 heteroatoms. The van der Waals surface area contributed by atoms with E-state index in [-0.39, 0.29) is 38.2 Å². The Morgan fingerprint density at radius 2 is 1.02 bits per heavy atom. The molecule has 1 nitrogen and oxygen atoms in total. The number of furan rings is 1. The number of hydrogen-bond donors (Lipinski definition) is 0. The van der Waals surface area contributed by atoms with Crippen LogP contribution in [-0.4, -0.2) is 0 Å². The van der Waals surface area contributed by atoms with Gasteiger partial charge in [0.15, 0.2) is 0 Å². The molecule has 0 amide bonds. The Kier molecular flexibility index (Phi) is 4.26. The maximum Gasteiger partial charge on any atom is 0.136 e. The maximum atomic E-state index is 9.39. The fourth-order valence-corrected chi connectivity index (χ4v) is 7.21. The predicted molar refractivity (Wildman–Crippen MR) is 212 cm³/mol. The van der Waals surface area contributed by atoms with Gasteiger partial charge in [-0.2, -0.15) is 0 Å². The number of fused-ring (bicyclic) bond motifs is 6. The molecule has 0 N–H and O–H groups in total. The van der Waals surface area contributed by atoms with E-state index in [1.807, 2.05) is 78.9 Å². The van der Waals surface area contributed by atoms with Gasteiger partial charge < -0.3 is 4.42 Å². The van der Waals surface area contributed by atoms with Gasteiger partial charge >= 0.3 is 0 Å². The van der Waals surface area contributed by atoms with E-state index in [0.29, 0.717) is 16.5 Å². The molecule has 0 spiro atoms. The van der Waals surface area contributed by atoms with E-state index in [1.54, 1.807) is 6.07 Å². The van der Waals surface area contributed by atoms with Gasteiger partial charge in [-0.1, -0.05) is 157 Å². The third kappa shape index (κ3) is 4.63. The van der Waals surface area contributed by atoms with Crippen LogP contribution >= 0.6 is 0 Å². The minimum absolute atomic E-state index is 0.0165. The van der Waals surface area contributed by atoms with Crippen molar-refractivity contribution in [3.63, 3.8) is 0 Å². The molecule has 0 saturated heterocycles. The lowest BCUT2D eigenvalue weighted by Gasteiger charge is -2.19. The van der Waals surface area contributed by atoms with Gasteiger partial charge in [-0.3, -0.25) is 0 Å². The van der Waals surface area contributed by atoms with Crippen molar-refractivity contribution >= 4 is 54.3 Å². The Balaban J connectivity index is 1.27. The Labute approximate surface area is 308 Å². The van der Waals surface area contributed by atoms with Crippen LogP contribution in [0.25, 0.3) is 87.6 Å². The van der Waals surface area contributed by atoms with Gasteiger partial charge in [0.05, 0.1) is 17.8 Å². The van der Waals surface area contributed by atoms with Crippen LogP contribution in [0.3, 0.4) is 0 Å². The minimum Gasteiger partial charge on any atom is -0.456 e. The molecule has 0 saturated carbocycles. The fraction of sp³-hybridized carbons (Fsp3) is 0.0204. The lowest BCUT2D eigenvalue weighted by atomic mass is 9.84. The first-order valence-corrected chi connectivity index (χ1v) is 16.2. The summed E-state index contributed by atoms with van der Waals surface area (Å²) in [7, 11) is 0. The van der Waals surface area contributed by atoms with E-state index < -0.39 is 85.0 Å². The molecule has 50 heavy (non-hydrogen) atoms. The molecular formula is C49H32O. The first-order chi connectivity index (χ1) is 30.2. The quantitative estimate of drug-likeness (QED) is 0.169. The molecule has 0 atom stereocenters. The summed E-state index contributed by atoms with van der Waals surface area (Å²) in [4.78, 5) is 0. The highest BCUT2D eigenvalue weighted by Gasteiger charge is 2.19. The third-order valence-electron chi connectivity index (χ3n) is 9.47. The summed E-state index contributed by atoms with van der Waals surface area (Å²) >= 11 is 0. The molecular weight excluding hydrogens is 605 g/mol. The van der Waals surface area contributed by atoms with E-state index in [0.717, 1.165) is 44.0 Å². The molecule has 0 aliphatic carbocycles. The van der Waals surface area contributed by atoms with E-state index in [1.165, 1.54) is 0 Å². The standard InChI is InChI=1S/C49H32O/c1-3-13-32(14-4-1)29-45-39-19-9-11-21-42(39)49(43-22-12-10-20-40(43)45)44-27-26-36(37-17-7-8-18-38(37)44)35-23-25-41-46-30-34(33-15-5-2-6-16-33)24-28-47(46)50-48(41)31-35/h1-28,30-31H,29H2/i1D,3D,4D,9D,10D,11D,12D,13D,14D,19D,20D,21D,22D. The van der Waals surface area contributed by atoms with Crippen LogP contribution in [0.5, 0.6) is 0 Å². The molecule has 0 radical (unpaired) electrons. The molecule has 0 unspecified atom stereocenters. The van der Waals surface area contributed by atoms with Crippen molar-refractivity contribution in [2.24, 2.45) is 0 Å². The summed E-state index contributed by atoms with van der Waals surface area (Å²) in [6, 6.07) is 26.2. The molecule has 234 valence electrons. The molecule has 0 fully saturated rings. The van der Waals surface area contributed by atoms with Gasteiger partial charge in [-0.25, -0.2) is 0 Å². The van der Waals surface area contributed by atoms with Crippen LogP contribution in [0.4, 0.5) is 0 Å². The van der Waals surface area contributed by atoms with Crippen molar-refractivity contribution in [3.8, 4) is 33.4 Å². The first kappa shape index (κ1) is 18.4. The van der Waals surface area contributed by atoms with Crippen molar-refractivity contribution in [1.82, 2.24) is 0 Å². The van der Waals surface area contributed by atoms with Crippen LogP contribution in [-0.2, 0) is 6.42 Å². The molecule has 10 aromatic rings. The second-order valence-corrected chi connectivity index (χ2v) is 12.2. The average Bonchev–Trinajstić information content (AvgIpc) is 3.68. The smallest absolute Gasteiger partial charge is 0.136 e.